The van der Waals surface area contributed by atoms with Crippen LogP contribution in [-0.4, -0.2) is 18.1 Å². The Labute approximate surface area is 139 Å². The first-order valence-corrected chi connectivity index (χ1v) is 7.41. The van der Waals surface area contributed by atoms with E-state index in [2.05, 4.69) is 15.6 Å². The molecule has 2 heterocycles. The second kappa shape index (κ2) is 7.32. The van der Waals surface area contributed by atoms with Gasteiger partial charge in [-0.05, 0) is 35.9 Å². The highest BCUT2D eigenvalue weighted by Gasteiger charge is 2.05. The van der Waals surface area contributed by atoms with Gasteiger partial charge in [-0.3, -0.25) is 4.98 Å². The van der Waals surface area contributed by atoms with Crippen LogP contribution < -0.4 is 15.4 Å². The molecule has 2 amide bonds. The molecule has 0 bridgehead atoms. The molecule has 0 fully saturated rings. The van der Waals surface area contributed by atoms with E-state index in [4.69, 9.17) is 9.15 Å². The van der Waals surface area contributed by atoms with Gasteiger partial charge in [0.25, 0.3) is 0 Å². The van der Waals surface area contributed by atoms with Gasteiger partial charge in [-0.2, -0.15) is 0 Å². The average molecular weight is 323 g/mol. The van der Waals surface area contributed by atoms with Gasteiger partial charge in [-0.25, -0.2) is 4.79 Å². The maximum absolute atomic E-state index is 12.0. The number of rotatable bonds is 5. The minimum Gasteiger partial charge on any atom is -0.497 e. The fourth-order valence-electron chi connectivity index (χ4n) is 2.22. The highest BCUT2D eigenvalue weighted by molar-refractivity contribution is 5.89. The van der Waals surface area contributed by atoms with Crippen molar-refractivity contribution in [2.24, 2.45) is 0 Å². The summed E-state index contributed by atoms with van der Waals surface area (Å²) in [6, 6.07) is 12.5. The zero-order valence-corrected chi connectivity index (χ0v) is 13.2. The van der Waals surface area contributed by atoms with E-state index in [1.54, 1.807) is 37.9 Å². The molecule has 0 unspecified atom stereocenters. The van der Waals surface area contributed by atoms with Gasteiger partial charge in [0.2, 0.25) is 0 Å². The molecule has 0 saturated heterocycles. The number of anilines is 1. The molecule has 1 aromatic carbocycles. The predicted octanol–water partition coefficient (Wildman–Crippen LogP) is 3.67. The number of nitrogens with zero attached hydrogens (tertiary/aromatic N) is 1. The number of aromatic nitrogens is 1. The lowest BCUT2D eigenvalue weighted by Crippen LogP contribution is -2.28. The average Bonchev–Trinajstić information content (AvgIpc) is 3.15. The van der Waals surface area contributed by atoms with Gasteiger partial charge in [0.1, 0.15) is 11.5 Å². The van der Waals surface area contributed by atoms with Crippen LogP contribution in [0.25, 0.3) is 11.3 Å². The summed E-state index contributed by atoms with van der Waals surface area (Å²) < 4.78 is 10.5. The molecule has 0 aliphatic rings. The number of urea groups is 1. The molecule has 0 radical (unpaired) electrons. The van der Waals surface area contributed by atoms with Gasteiger partial charge in [0, 0.05) is 36.3 Å². The van der Waals surface area contributed by atoms with Crippen LogP contribution in [0, 0.1) is 0 Å². The molecule has 6 heteroatoms. The standard InChI is InChI=1S/C18H17N3O3/c1-23-16-5-2-4-15(9-16)21-18(22)20-11-13-8-14(12-19-10-13)17-6-3-7-24-17/h2-10,12H,11H2,1H3,(H2,20,21,22). The van der Waals surface area contributed by atoms with Crippen molar-refractivity contribution >= 4 is 11.7 Å². The Balaban J connectivity index is 1.59. The highest BCUT2D eigenvalue weighted by Crippen LogP contribution is 2.19. The molecule has 3 rings (SSSR count). The highest BCUT2D eigenvalue weighted by atomic mass is 16.5. The number of methoxy groups -OCH3 is 1. The van der Waals surface area contributed by atoms with E-state index in [-0.39, 0.29) is 6.03 Å². The Morgan fingerprint density at radius 1 is 1.21 bits per heavy atom. The van der Waals surface area contributed by atoms with Crippen molar-refractivity contribution in [2.45, 2.75) is 6.54 Å². The topological polar surface area (TPSA) is 76.4 Å². The third-order valence-electron chi connectivity index (χ3n) is 3.38. The van der Waals surface area contributed by atoms with E-state index >= 15 is 0 Å². The Kier molecular flexibility index (Phi) is 4.76. The Bertz CT molecular complexity index is 816. The van der Waals surface area contributed by atoms with Gasteiger partial charge in [0.05, 0.1) is 13.4 Å². The fourth-order valence-corrected chi connectivity index (χ4v) is 2.22. The second-order valence-electron chi connectivity index (χ2n) is 5.10. The van der Waals surface area contributed by atoms with Crippen LogP contribution in [-0.2, 0) is 6.54 Å². The number of hydrogen-bond acceptors (Lipinski definition) is 4. The van der Waals surface area contributed by atoms with Crippen LogP contribution in [0.5, 0.6) is 5.75 Å². The zero-order chi connectivity index (χ0) is 16.8. The molecule has 0 aliphatic heterocycles. The summed E-state index contributed by atoms with van der Waals surface area (Å²) in [4.78, 5) is 16.2. The molecule has 122 valence electrons. The van der Waals surface area contributed by atoms with Crippen LogP contribution >= 0.6 is 0 Å². The number of carbonyl (C=O) groups is 1. The molecular weight excluding hydrogens is 306 g/mol. The van der Waals surface area contributed by atoms with Crippen molar-refractivity contribution < 1.29 is 13.9 Å². The number of ether oxygens (including phenoxy) is 1. The molecule has 0 spiro atoms. The molecule has 6 nitrogen and oxygen atoms in total. The predicted molar refractivity (Wildman–Crippen MR) is 90.8 cm³/mol. The van der Waals surface area contributed by atoms with Crippen molar-refractivity contribution in [3.05, 3.63) is 66.7 Å². The van der Waals surface area contributed by atoms with Gasteiger partial charge in [0.15, 0.2) is 0 Å². The van der Waals surface area contributed by atoms with Gasteiger partial charge >= 0.3 is 6.03 Å². The molecule has 0 saturated carbocycles. The number of furan rings is 1. The van der Waals surface area contributed by atoms with Crippen LogP contribution in [0.4, 0.5) is 10.5 Å². The molecule has 2 N–H and O–H groups in total. The summed E-state index contributed by atoms with van der Waals surface area (Å²) in [5.74, 6) is 1.42. The van der Waals surface area contributed by atoms with Crippen molar-refractivity contribution in [1.82, 2.24) is 10.3 Å². The molecule has 24 heavy (non-hydrogen) atoms. The zero-order valence-electron chi connectivity index (χ0n) is 13.2. The minimum absolute atomic E-state index is 0.299. The van der Waals surface area contributed by atoms with E-state index in [1.807, 2.05) is 30.3 Å². The lowest BCUT2D eigenvalue weighted by molar-refractivity contribution is 0.251. The van der Waals surface area contributed by atoms with Crippen LogP contribution in [0.2, 0.25) is 0 Å². The van der Waals surface area contributed by atoms with E-state index in [0.29, 0.717) is 18.0 Å². The SMILES string of the molecule is COc1cccc(NC(=O)NCc2cncc(-c3ccco3)c2)c1. The van der Waals surface area contributed by atoms with Gasteiger partial charge in [-0.15, -0.1) is 0 Å². The number of benzene rings is 1. The quantitative estimate of drug-likeness (QED) is 0.751. The Morgan fingerprint density at radius 2 is 2.12 bits per heavy atom. The number of hydrogen-bond donors (Lipinski definition) is 2. The summed E-state index contributed by atoms with van der Waals surface area (Å²) >= 11 is 0. The number of carbonyl (C=O) groups excluding carboxylic acids is 1. The van der Waals surface area contributed by atoms with Gasteiger partial charge in [-0.1, -0.05) is 6.07 Å². The number of nitrogens with one attached hydrogen (secondary N) is 2. The summed E-state index contributed by atoms with van der Waals surface area (Å²) in [5, 5.41) is 5.56. The normalized spacial score (nSPS) is 10.2. The lowest BCUT2D eigenvalue weighted by atomic mass is 10.1. The molecule has 3 aromatic rings. The number of amides is 2. The summed E-state index contributed by atoms with van der Waals surface area (Å²) in [6.07, 6.45) is 5.04. The Morgan fingerprint density at radius 3 is 2.92 bits per heavy atom. The van der Waals surface area contributed by atoms with E-state index in [0.717, 1.165) is 16.9 Å². The first-order valence-electron chi connectivity index (χ1n) is 7.41. The van der Waals surface area contributed by atoms with E-state index in [1.165, 1.54) is 0 Å². The molecular formula is C18H17N3O3. The second-order valence-corrected chi connectivity index (χ2v) is 5.10. The monoisotopic (exact) mass is 323 g/mol. The maximum Gasteiger partial charge on any atom is 0.319 e. The van der Waals surface area contributed by atoms with Crippen LogP contribution in [0.3, 0.4) is 0 Å². The minimum atomic E-state index is -0.299. The third-order valence-corrected chi connectivity index (χ3v) is 3.38. The van der Waals surface area contributed by atoms with Crippen molar-refractivity contribution in [1.29, 1.82) is 0 Å². The summed E-state index contributed by atoms with van der Waals surface area (Å²) in [5.41, 5.74) is 2.41. The molecule has 0 aliphatic carbocycles. The summed E-state index contributed by atoms with van der Waals surface area (Å²) in [7, 11) is 1.58. The van der Waals surface area contributed by atoms with Crippen molar-refractivity contribution in [3.8, 4) is 17.1 Å². The Hall–Kier alpha value is -3.28. The third kappa shape index (κ3) is 3.92. The van der Waals surface area contributed by atoms with E-state index < -0.39 is 0 Å². The summed E-state index contributed by atoms with van der Waals surface area (Å²) in [6.45, 7) is 0.358. The van der Waals surface area contributed by atoms with Crippen molar-refractivity contribution in [3.63, 3.8) is 0 Å². The smallest absolute Gasteiger partial charge is 0.319 e. The molecule has 2 aromatic heterocycles. The first kappa shape index (κ1) is 15.6. The maximum atomic E-state index is 12.0. The fraction of sp³-hybridized carbons (Fsp3) is 0.111. The lowest BCUT2D eigenvalue weighted by Gasteiger charge is -2.09. The van der Waals surface area contributed by atoms with E-state index in [9.17, 15) is 4.79 Å². The number of pyridine rings is 1. The first-order chi connectivity index (χ1) is 11.7. The van der Waals surface area contributed by atoms with Crippen LogP contribution in [0.1, 0.15) is 5.56 Å². The molecule has 0 atom stereocenters. The van der Waals surface area contributed by atoms with Crippen LogP contribution in [0.15, 0.2) is 65.5 Å². The van der Waals surface area contributed by atoms with Gasteiger partial charge < -0.3 is 19.8 Å². The van der Waals surface area contributed by atoms with Crippen molar-refractivity contribution in [2.75, 3.05) is 12.4 Å². The largest absolute Gasteiger partial charge is 0.497 e.